The van der Waals surface area contributed by atoms with E-state index in [9.17, 15) is 15.2 Å². The molecule has 0 radical (unpaired) electrons. The van der Waals surface area contributed by atoms with Crippen molar-refractivity contribution in [2.24, 2.45) is 0 Å². The van der Waals surface area contributed by atoms with Gasteiger partial charge in [0.2, 0.25) is 17.8 Å². The van der Waals surface area contributed by atoms with Gasteiger partial charge < -0.3 is 20.1 Å². The second-order valence-electron chi connectivity index (χ2n) is 7.37. The van der Waals surface area contributed by atoms with Crippen molar-refractivity contribution < 1.29 is 14.8 Å². The number of ether oxygens (including phenoxy) is 1. The van der Waals surface area contributed by atoms with Crippen LogP contribution in [0.25, 0.3) is 0 Å². The number of nitro groups is 1. The first-order valence-corrected chi connectivity index (χ1v) is 10.4. The molecule has 2 aromatic carbocycles. The molecule has 172 valence electrons. The van der Waals surface area contributed by atoms with E-state index in [4.69, 9.17) is 4.74 Å². The predicted octanol–water partition coefficient (Wildman–Crippen LogP) is 2.49. The van der Waals surface area contributed by atoms with E-state index < -0.39 is 4.92 Å². The molecule has 0 spiro atoms. The number of hydrogen-bond donors (Lipinski definition) is 4. The summed E-state index contributed by atoms with van der Waals surface area (Å²) in [6, 6.07) is 11.5. The average molecular weight is 452 g/mol. The molecule has 1 fully saturated rings. The highest BCUT2D eigenvalue weighted by molar-refractivity contribution is 5.62. The number of hydrazine groups is 1. The molecule has 1 aromatic heterocycles. The fourth-order valence-electron chi connectivity index (χ4n) is 3.30. The highest BCUT2D eigenvalue weighted by Crippen LogP contribution is 2.25. The minimum atomic E-state index is -0.421. The molecule has 0 aliphatic carbocycles. The first-order chi connectivity index (χ1) is 16.0. The van der Waals surface area contributed by atoms with Crippen LogP contribution in [0, 0.1) is 17.0 Å². The lowest BCUT2D eigenvalue weighted by molar-refractivity contribution is -0.385. The van der Waals surface area contributed by atoms with Gasteiger partial charge in [0.25, 0.3) is 5.69 Å². The molecule has 12 nitrogen and oxygen atoms in total. The van der Waals surface area contributed by atoms with Crippen molar-refractivity contribution in [1.82, 2.24) is 20.4 Å². The Kier molecular flexibility index (Phi) is 6.76. The summed E-state index contributed by atoms with van der Waals surface area (Å²) in [5.41, 5.74) is 7.96. The molecule has 0 atom stereocenters. The minimum absolute atomic E-state index is 0.0261. The standard InChI is InChI=1S/C21H24N8O4/c1-14-6-7-16(30)12-17(14)23-19-24-20(26-21(25-19)28-8-10-33-11-9-28)27-22-13-15-4-2-3-5-18(15)29(31)32/h2-7,12,22,30H,8-11,13H2,1H3,(H2,23,24,25,26,27). The number of nitro benzene ring substituents is 1. The Morgan fingerprint density at radius 1 is 1.12 bits per heavy atom. The monoisotopic (exact) mass is 452 g/mol. The van der Waals surface area contributed by atoms with Gasteiger partial charge in [0, 0.05) is 43.0 Å². The highest BCUT2D eigenvalue weighted by Gasteiger charge is 2.18. The number of anilines is 4. The highest BCUT2D eigenvalue weighted by atomic mass is 16.6. The number of rotatable bonds is 8. The van der Waals surface area contributed by atoms with Crippen LogP contribution in [0.1, 0.15) is 11.1 Å². The van der Waals surface area contributed by atoms with E-state index in [1.165, 1.54) is 6.07 Å². The van der Waals surface area contributed by atoms with E-state index >= 15 is 0 Å². The minimum Gasteiger partial charge on any atom is -0.508 e. The van der Waals surface area contributed by atoms with E-state index in [1.54, 1.807) is 36.4 Å². The lowest BCUT2D eigenvalue weighted by atomic mass is 10.2. The van der Waals surface area contributed by atoms with Gasteiger partial charge in [0.15, 0.2) is 0 Å². The maximum absolute atomic E-state index is 11.2. The summed E-state index contributed by atoms with van der Waals surface area (Å²) < 4.78 is 5.41. The second kappa shape index (κ2) is 10.1. The van der Waals surface area contributed by atoms with E-state index in [2.05, 4.69) is 31.1 Å². The number of aromatic hydroxyl groups is 1. The third kappa shape index (κ3) is 5.61. The molecule has 4 N–H and O–H groups in total. The zero-order chi connectivity index (χ0) is 23.2. The van der Waals surface area contributed by atoms with Crippen LogP contribution >= 0.6 is 0 Å². The van der Waals surface area contributed by atoms with E-state index in [0.29, 0.717) is 43.5 Å². The third-order valence-electron chi connectivity index (χ3n) is 5.05. The topological polar surface area (TPSA) is 151 Å². The molecule has 1 aliphatic heterocycles. The van der Waals surface area contributed by atoms with E-state index in [0.717, 1.165) is 5.56 Å². The van der Waals surface area contributed by atoms with Gasteiger partial charge in [-0.15, -0.1) is 0 Å². The summed E-state index contributed by atoms with van der Waals surface area (Å²) in [4.78, 5) is 26.2. The average Bonchev–Trinajstić information content (AvgIpc) is 2.82. The van der Waals surface area contributed by atoms with Crippen LogP contribution in [-0.4, -0.2) is 51.3 Å². The normalized spacial score (nSPS) is 13.5. The number of benzene rings is 2. The van der Waals surface area contributed by atoms with Crippen molar-refractivity contribution in [3.8, 4) is 5.75 Å². The Hall–Kier alpha value is -4.03. The molecule has 3 aromatic rings. The van der Waals surface area contributed by atoms with Crippen LogP contribution in [-0.2, 0) is 11.3 Å². The molecule has 33 heavy (non-hydrogen) atoms. The smallest absolute Gasteiger partial charge is 0.273 e. The van der Waals surface area contributed by atoms with Crippen molar-refractivity contribution in [2.45, 2.75) is 13.5 Å². The van der Waals surface area contributed by atoms with Gasteiger partial charge in [-0.1, -0.05) is 24.3 Å². The molecular weight excluding hydrogens is 428 g/mol. The Morgan fingerprint density at radius 3 is 2.67 bits per heavy atom. The number of aryl methyl sites for hydroxylation is 1. The number of hydrogen-bond acceptors (Lipinski definition) is 11. The Bertz CT molecular complexity index is 1140. The van der Waals surface area contributed by atoms with Crippen molar-refractivity contribution in [2.75, 3.05) is 41.9 Å². The predicted molar refractivity (Wildman–Crippen MR) is 123 cm³/mol. The summed E-state index contributed by atoms with van der Waals surface area (Å²) in [6.07, 6.45) is 0. The summed E-state index contributed by atoms with van der Waals surface area (Å²) >= 11 is 0. The number of para-hydroxylation sites is 1. The van der Waals surface area contributed by atoms with E-state index in [-0.39, 0.29) is 29.9 Å². The molecule has 0 unspecified atom stereocenters. The number of phenolic OH excluding ortho intramolecular Hbond substituents is 1. The molecule has 0 saturated carbocycles. The number of nitrogens with zero attached hydrogens (tertiary/aromatic N) is 5. The maximum Gasteiger partial charge on any atom is 0.273 e. The van der Waals surface area contributed by atoms with Gasteiger partial charge >= 0.3 is 0 Å². The lowest BCUT2D eigenvalue weighted by Crippen LogP contribution is -2.37. The molecule has 2 heterocycles. The molecule has 0 amide bonds. The Balaban J connectivity index is 1.55. The third-order valence-corrected chi connectivity index (χ3v) is 5.05. The van der Waals surface area contributed by atoms with Crippen molar-refractivity contribution in [3.63, 3.8) is 0 Å². The van der Waals surface area contributed by atoms with Crippen LogP contribution < -0.4 is 21.1 Å². The summed E-state index contributed by atoms with van der Waals surface area (Å²) in [7, 11) is 0. The number of nitrogens with one attached hydrogen (secondary N) is 3. The maximum atomic E-state index is 11.2. The van der Waals surface area contributed by atoms with Gasteiger partial charge in [-0.25, -0.2) is 5.43 Å². The van der Waals surface area contributed by atoms with E-state index in [1.807, 2.05) is 11.8 Å². The Labute approximate surface area is 189 Å². The molecule has 0 bridgehead atoms. The Morgan fingerprint density at radius 2 is 1.88 bits per heavy atom. The van der Waals surface area contributed by atoms with Gasteiger partial charge in [-0.3, -0.25) is 15.5 Å². The largest absolute Gasteiger partial charge is 0.508 e. The van der Waals surface area contributed by atoms with Crippen molar-refractivity contribution in [3.05, 3.63) is 63.7 Å². The van der Waals surface area contributed by atoms with Crippen LogP contribution in [0.5, 0.6) is 5.75 Å². The molecule has 4 rings (SSSR count). The van der Waals surface area contributed by atoms with Gasteiger partial charge in [0.1, 0.15) is 5.75 Å². The molecule has 12 heteroatoms. The van der Waals surface area contributed by atoms with Crippen LogP contribution in [0.15, 0.2) is 42.5 Å². The zero-order valence-electron chi connectivity index (χ0n) is 18.0. The fraction of sp³-hybridized carbons (Fsp3) is 0.286. The molecule has 1 aliphatic rings. The van der Waals surface area contributed by atoms with Crippen LogP contribution in [0.2, 0.25) is 0 Å². The zero-order valence-corrected chi connectivity index (χ0v) is 18.0. The second-order valence-corrected chi connectivity index (χ2v) is 7.37. The number of aromatic nitrogens is 3. The van der Waals surface area contributed by atoms with Crippen LogP contribution in [0.3, 0.4) is 0 Å². The van der Waals surface area contributed by atoms with Crippen LogP contribution in [0.4, 0.5) is 29.2 Å². The lowest BCUT2D eigenvalue weighted by Gasteiger charge is -2.27. The van der Waals surface area contributed by atoms with Crippen molar-refractivity contribution >= 4 is 29.2 Å². The number of phenols is 1. The van der Waals surface area contributed by atoms with Gasteiger partial charge in [0.05, 0.1) is 18.1 Å². The fourth-order valence-corrected chi connectivity index (χ4v) is 3.30. The SMILES string of the molecule is Cc1ccc(O)cc1Nc1nc(NNCc2ccccc2[N+](=O)[O-])nc(N2CCOCC2)n1. The first kappa shape index (κ1) is 22.2. The molecule has 1 saturated heterocycles. The van der Waals surface area contributed by atoms with Gasteiger partial charge in [-0.2, -0.15) is 15.0 Å². The molecular formula is C21H24N8O4. The quantitative estimate of drug-likeness (QED) is 0.295. The summed E-state index contributed by atoms with van der Waals surface area (Å²) in [5, 5.41) is 24.2. The van der Waals surface area contributed by atoms with Crippen molar-refractivity contribution in [1.29, 1.82) is 0 Å². The first-order valence-electron chi connectivity index (χ1n) is 10.4. The summed E-state index contributed by atoms with van der Waals surface area (Å²) in [5.74, 6) is 1.11. The summed E-state index contributed by atoms with van der Waals surface area (Å²) in [6.45, 7) is 4.50. The van der Waals surface area contributed by atoms with Gasteiger partial charge in [-0.05, 0) is 18.6 Å². The number of morpholine rings is 1.